The third kappa shape index (κ3) is 3.06. The molecule has 18 heavy (non-hydrogen) atoms. The predicted molar refractivity (Wildman–Crippen MR) is 73.7 cm³/mol. The predicted octanol–water partition coefficient (Wildman–Crippen LogP) is 2.03. The third-order valence-electron chi connectivity index (χ3n) is 2.80. The van der Waals surface area contributed by atoms with E-state index in [1.54, 1.807) is 13.2 Å². The molecule has 0 heterocycles. The van der Waals surface area contributed by atoms with Crippen molar-refractivity contribution in [1.82, 2.24) is 0 Å². The lowest BCUT2D eigenvalue weighted by Crippen LogP contribution is -2.27. The average Bonchev–Trinajstić information content (AvgIpc) is 2.43. The van der Waals surface area contributed by atoms with E-state index in [0.29, 0.717) is 5.56 Å². The van der Waals surface area contributed by atoms with E-state index < -0.39 is 0 Å². The first-order chi connectivity index (χ1) is 8.67. The standard InChI is InChI=1S/C13H21N3O2/c1-4-8-16(5-2)12-9-10(18-3)6-7-11(12)13(14)15-17/h6-7,9,17H,4-5,8H2,1-3H3,(H2,14,15). The monoisotopic (exact) mass is 251 g/mol. The van der Waals surface area contributed by atoms with Gasteiger partial charge in [0.1, 0.15) is 5.75 Å². The first kappa shape index (κ1) is 14.2. The maximum Gasteiger partial charge on any atom is 0.172 e. The van der Waals surface area contributed by atoms with Crippen molar-refractivity contribution in [3.05, 3.63) is 23.8 Å². The van der Waals surface area contributed by atoms with Gasteiger partial charge in [-0.05, 0) is 25.5 Å². The normalized spacial score (nSPS) is 11.4. The number of benzene rings is 1. The molecule has 100 valence electrons. The maximum absolute atomic E-state index is 8.84. The van der Waals surface area contributed by atoms with Crippen molar-refractivity contribution in [2.24, 2.45) is 10.9 Å². The molecule has 0 unspecified atom stereocenters. The van der Waals surface area contributed by atoms with Crippen LogP contribution in [-0.4, -0.2) is 31.2 Å². The minimum atomic E-state index is 0.113. The molecular formula is C13H21N3O2. The van der Waals surface area contributed by atoms with Crippen molar-refractivity contribution in [2.45, 2.75) is 20.3 Å². The second kappa shape index (κ2) is 6.74. The van der Waals surface area contributed by atoms with Gasteiger partial charge in [-0.15, -0.1) is 0 Å². The lowest BCUT2D eigenvalue weighted by atomic mass is 10.1. The van der Waals surface area contributed by atoms with E-state index >= 15 is 0 Å². The van der Waals surface area contributed by atoms with E-state index in [1.807, 2.05) is 12.1 Å². The van der Waals surface area contributed by atoms with Gasteiger partial charge >= 0.3 is 0 Å². The molecule has 1 aromatic carbocycles. The zero-order valence-electron chi connectivity index (χ0n) is 11.2. The van der Waals surface area contributed by atoms with Crippen LogP contribution >= 0.6 is 0 Å². The number of oxime groups is 1. The molecule has 0 saturated heterocycles. The van der Waals surface area contributed by atoms with Crippen LogP contribution in [0, 0.1) is 0 Å². The fourth-order valence-corrected chi connectivity index (χ4v) is 1.89. The van der Waals surface area contributed by atoms with E-state index in [2.05, 4.69) is 23.9 Å². The summed E-state index contributed by atoms with van der Waals surface area (Å²) in [5.41, 5.74) is 7.35. The quantitative estimate of drug-likeness (QED) is 0.351. The largest absolute Gasteiger partial charge is 0.497 e. The molecule has 1 rings (SSSR count). The van der Waals surface area contributed by atoms with E-state index in [-0.39, 0.29) is 5.84 Å². The van der Waals surface area contributed by atoms with Crippen molar-refractivity contribution < 1.29 is 9.94 Å². The van der Waals surface area contributed by atoms with Crippen LogP contribution < -0.4 is 15.4 Å². The lowest BCUT2D eigenvalue weighted by molar-refractivity contribution is 0.318. The SMILES string of the molecule is CCCN(CC)c1cc(OC)ccc1/C(N)=N/O. The van der Waals surface area contributed by atoms with Crippen molar-refractivity contribution in [2.75, 3.05) is 25.1 Å². The summed E-state index contributed by atoms with van der Waals surface area (Å²) in [4.78, 5) is 2.18. The summed E-state index contributed by atoms with van der Waals surface area (Å²) in [6, 6.07) is 5.52. The van der Waals surface area contributed by atoms with Gasteiger partial charge in [0.05, 0.1) is 12.8 Å². The fraction of sp³-hybridized carbons (Fsp3) is 0.462. The number of amidine groups is 1. The Morgan fingerprint density at radius 2 is 2.17 bits per heavy atom. The zero-order chi connectivity index (χ0) is 13.5. The Morgan fingerprint density at radius 3 is 2.67 bits per heavy atom. The van der Waals surface area contributed by atoms with Crippen LogP contribution in [0.15, 0.2) is 23.4 Å². The Morgan fingerprint density at radius 1 is 1.44 bits per heavy atom. The van der Waals surface area contributed by atoms with Gasteiger partial charge in [-0.3, -0.25) is 0 Å². The molecule has 5 nitrogen and oxygen atoms in total. The maximum atomic E-state index is 8.84. The molecule has 0 aliphatic heterocycles. The summed E-state index contributed by atoms with van der Waals surface area (Å²) in [6.07, 6.45) is 1.03. The number of nitrogens with two attached hydrogens (primary N) is 1. The van der Waals surface area contributed by atoms with Crippen LogP contribution in [0.1, 0.15) is 25.8 Å². The molecular weight excluding hydrogens is 230 g/mol. The second-order valence-corrected chi connectivity index (χ2v) is 3.95. The van der Waals surface area contributed by atoms with Crippen molar-refractivity contribution in [3.8, 4) is 5.75 Å². The number of rotatable bonds is 6. The van der Waals surface area contributed by atoms with E-state index in [4.69, 9.17) is 15.7 Å². The Bertz CT molecular complexity index is 419. The van der Waals surface area contributed by atoms with Crippen LogP contribution in [0.25, 0.3) is 0 Å². The molecule has 1 aromatic rings. The summed E-state index contributed by atoms with van der Waals surface area (Å²) in [5.74, 6) is 0.872. The van der Waals surface area contributed by atoms with Crippen molar-refractivity contribution in [1.29, 1.82) is 0 Å². The smallest absolute Gasteiger partial charge is 0.172 e. The minimum Gasteiger partial charge on any atom is -0.497 e. The van der Waals surface area contributed by atoms with Gasteiger partial charge in [0.15, 0.2) is 5.84 Å². The number of methoxy groups -OCH3 is 1. The van der Waals surface area contributed by atoms with Crippen LogP contribution in [0.5, 0.6) is 5.75 Å². The van der Waals surface area contributed by atoms with Crippen LogP contribution in [0.2, 0.25) is 0 Å². The van der Waals surface area contributed by atoms with E-state index in [0.717, 1.165) is 30.9 Å². The molecule has 0 spiro atoms. The molecule has 0 amide bonds. The summed E-state index contributed by atoms with van der Waals surface area (Å²) in [5, 5.41) is 11.9. The van der Waals surface area contributed by atoms with Gasteiger partial charge in [-0.2, -0.15) is 0 Å². The van der Waals surface area contributed by atoms with Gasteiger partial charge in [0.2, 0.25) is 0 Å². The molecule has 5 heteroatoms. The highest BCUT2D eigenvalue weighted by Crippen LogP contribution is 2.26. The Hall–Kier alpha value is -1.91. The van der Waals surface area contributed by atoms with Gasteiger partial charge < -0.3 is 20.6 Å². The van der Waals surface area contributed by atoms with E-state index in [9.17, 15) is 0 Å². The third-order valence-corrected chi connectivity index (χ3v) is 2.80. The minimum absolute atomic E-state index is 0.113. The lowest BCUT2D eigenvalue weighted by Gasteiger charge is -2.25. The molecule has 0 fully saturated rings. The molecule has 3 N–H and O–H groups in total. The molecule has 0 aromatic heterocycles. The molecule has 0 saturated carbocycles. The Labute approximate surface area is 108 Å². The first-order valence-electron chi connectivity index (χ1n) is 6.08. The highest BCUT2D eigenvalue weighted by Gasteiger charge is 2.13. The number of hydrogen-bond acceptors (Lipinski definition) is 4. The number of anilines is 1. The fourth-order valence-electron chi connectivity index (χ4n) is 1.89. The molecule has 0 atom stereocenters. The van der Waals surface area contributed by atoms with Crippen LogP contribution in [-0.2, 0) is 0 Å². The van der Waals surface area contributed by atoms with Crippen molar-refractivity contribution in [3.63, 3.8) is 0 Å². The van der Waals surface area contributed by atoms with Crippen molar-refractivity contribution >= 4 is 11.5 Å². The van der Waals surface area contributed by atoms with Gasteiger partial charge in [-0.1, -0.05) is 12.1 Å². The second-order valence-electron chi connectivity index (χ2n) is 3.95. The van der Waals surface area contributed by atoms with E-state index in [1.165, 1.54) is 0 Å². The Balaban J connectivity index is 3.26. The summed E-state index contributed by atoms with van der Waals surface area (Å²) < 4.78 is 5.23. The molecule has 0 aliphatic carbocycles. The topological polar surface area (TPSA) is 71.1 Å². The van der Waals surface area contributed by atoms with Gasteiger partial charge in [0.25, 0.3) is 0 Å². The number of ether oxygens (including phenoxy) is 1. The first-order valence-corrected chi connectivity index (χ1v) is 6.08. The summed E-state index contributed by atoms with van der Waals surface area (Å²) in [6.45, 7) is 5.96. The van der Waals surface area contributed by atoms with Gasteiger partial charge in [0, 0.05) is 24.7 Å². The van der Waals surface area contributed by atoms with Gasteiger partial charge in [-0.25, -0.2) is 0 Å². The number of hydrogen-bond donors (Lipinski definition) is 2. The van der Waals surface area contributed by atoms with Crippen LogP contribution in [0.3, 0.4) is 0 Å². The average molecular weight is 251 g/mol. The van der Waals surface area contributed by atoms with Crippen LogP contribution in [0.4, 0.5) is 5.69 Å². The number of nitrogens with zero attached hydrogens (tertiary/aromatic N) is 2. The highest BCUT2D eigenvalue weighted by molar-refractivity contribution is 6.02. The summed E-state index contributed by atoms with van der Waals surface area (Å²) >= 11 is 0. The molecule has 0 aliphatic rings. The molecule has 0 radical (unpaired) electrons. The zero-order valence-corrected chi connectivity index (χ0v) is 11.2. The Kier molecular flexibility index (Phi) is 5.30. The highest BCUT2D eigenvalue weighted by atomic mass is 16.5. The molecule has 0 bridgehead atoms. The summed E-state index contributed by atoms with van der Waals surface area (Å²) in [7, 11) is 1.62.